The number of halogens is 1. The SMILES string of the molecule is C=Cc1cnc(C)cc1C(=C)Cl. The maximum Gasteiger partial charge on any atom is 0.0413 e. The minimum Gasteiger partial charge on any atom is -0.261 e. The molecule has 1 aromatic rings. The van der Waals surface area contributed by atoms with Crippen molar-refractivity contribution in [2.75, 3.05) is 0 Å². The van der Waals surface area contributed by atoms with Gasteiger partial charge in [0.25, 0.3) is 0 Å². The summed E-state index contributed by atoms with van der Waals surface area (Å²) in [6, 6.07) is 1.90. The summed E-state index contributed by atoms with van der Waals surface area (Å²) in [6.07, 6.45) is 3.46. The third-order valence-electron chi connectivity index (χ3n) is 1.58. The van der Waals surface area contributed by atoms with Crippen molar-refractivity contribution in [3.05, 3.63) is 42.2 Å². The van der Waals surface area contributed by atoms with E-state index in [1.807, 2.05) is 13.0 Å². The van der Waals surface area contributed by atoms with Crippen molar-refractivity contribution >= 4 is 22.7 Å². The molecule has 0 radical (unpaired) electrons. The Bertz CT molecular complexity index is 329. The highest BCUT2D eigenvalue weighted by Gasteiger charge is 2.01. The molecule has 0 aliphatic carbocycles. The van der Waals surface area contributed by atoms with Crippen LogP contribution in [0.3, 0.4) is 0 Å². The summed E-state index contributed by atoms with van der Waals surface area (Å²) in [6.45, 7) is 9.24. The number of hydrogen-bond donors (Lipinski definition) is 0. The van der Waals surface area contributed by atoms with Crippen molar-refractivity contribution in [2.24, 2.45) is 0 Å². The van der Waals surface area contributed by atoms with E-state index in [0.29, 0.717) is 5.03 Å². The van der Waals surface area contributed by atoms with Gasteiger partial charge in [0.15, 0.2) is 0 Å². The molecule has 0 saturated carbocycles. The lowest BCUT2D eigenvalue weighted by atomic mass is 10.1. The van der Waals surface area contributed by atoms with Crippen molar-refractivity contribution in [3.63, 3.8) is 0 Å². The van der Waals surface area contributed by atoms with Crippen molar-refractivity contribution in [1.29, 1.82) is 0 Å². The summed E-state index contributed by atoms with van der Waals surface area (Å²) in [4.78, 5) is 4.12. The Balaban J connectivity index is 3.30. The van der Waals surface area contributed by atoms with E-state index in [0.717, 1.165) is 16.8 Å². The Kier molecular flexibility index (Phi) is 2.66. The predicted molar refractivity (Wildman–Crippen MR) is 54.0 cm³/mol. The molecule has 0 amide bonds. The molecule has 0 aliphatic heterocycles. The zero-order chi connectivity index (χ0) is 9.14. The molecule has 1 heterocycles. The van der Waals surface area contributed by atoms with Crippen LogP contribution in [-0.2, 0) is 0 Å². The average molecular weight is 180 g/mol. The Morgan fingerprint density at radius 3 is 2.83 bits per heavy atom. The molecule has 2 heteroatoms. The molecule has 0 saturated heterocycles. The zero-order valence-corrected chi connectivity index (χ0v) is 7.73. The van der Waals surface area contributed by atoms with Gasteiger partial charge in [-0.1, -0.05) is 30.8 Å². The molecule has 0 aliphatic rings. The Labute approximate surface area is 77.4 Å². The topological polar surface area (TPSA) is 12.9 Å². The fraction of sp³-hybridized carbons (Fsp3) is 0.100. The average Bonchev–Trinajstić information content (AvgIpc) is 2.04. The molecule has 1 nitrogen and oxygen atoms in total. The normalized spacial score (nSPS) is 9.50. The summed E-state index contributed by atoms with van der Waals surface area (Å²) < 4.78 is 0. The highest BCUT2D eigenvalue weighted by Crippen LogP contribution is 2.21. The first-order valence-electron chi connectivity index (χ1n) is 3.59. The van der Waals surface area contributed by atoms with Gasteiger partial charge in [-0.15, -0.1) is 0 Å². The lowest BCUT2D eigenvalue weighted by molar-refractivity contribution is 1.19. The number of rotatable bonds is 2. The predicted octanol–water partition coefficient (Wildman–Crippen LogP) is 3.24. The van der Waals surface area contributed by atoms with Gasteiger partial charge in [0.1, 0.15) is 0 Å². The van der Waals surface area contributed by atoms with Crippen molar-refractivity contribution in [2.45, 2.75) is 6.92 Å². The van der Waals surface area contributed by atoms with E-state index >= 15 is 0 Å². The number of hydrogen-bond acceptors (Lipinski definition) is 1. The summed E-state index contributed by atoms with van der Waals surface area (Å²) in [5.74, 6) is 0. The van der Waals surface area contributed by atoms with Gasteiger partial charge < -0.3 is 0 Å². The van der Waals surface area contributed by atoms with Crippen LogP contribution in [0, 0.1) is 6.92 Å². The van der Waals surface area contributed by atoms with E-state index < -0.39 is 0 Å². The maximum absolute atomic E-state index is 5.79. The second kappa shape index (κ2) is 3.55. The van der Waals surface area contributed by atoms with Gasteiger partial charge in [0, 0.05) is 28.0 Å². The quantitative estimate of drug-likeness (QED) is 0.679. The molecule has 0 spiro atoms. The van der Waals surface area contributed by atoms with Crippen LogP contribution in [-0.4, -0.2) is 4.98 Å². The van der Waals surface area contributed by atoms with Crippen LogP contribution in [0.1, 0.15) is 16.8 Å². The largest absolute Gasteiger partial charge is 0.261 e. The molecule has 0 atom stereocenters. The van der Waals surface area contributed by atoms with Crippen LogP contribution >= 0.6 is 11.6 Å². The van der Waals surface area contributed by atoms with E-state index in [9.17, 15) is 0 Å². The third-order valence-corrected chi connectivity index (χ3v) is 1.79. The maximum atomic E-state index is 5.79. The fourth-order valence-corrected chi connectivity index (χ4v) is 1.13. The standard InChI is InChI=1S/C10H10ClN/c1-4-9-6-12-7(2)5-10(9)8(3)11/h4-6H,1,3H2,2H3. The molecule has 0 bridgehead atoms. The van der Waals surface area contributed by atoms with Crippen LogP contribution in [0.4, 0.5) is 0 Å². The molecule has 62 valence electrons. The minimum atomic E-state index is 0.524. The summed E-state index contributed by atoms with van der Waals surface area (Å²) in [7, 11) is 0. The molecule has 0 fully saturated rings. The highest BCUT2D eigenvalue weighted by atomic mass is 35.5. The zero-order valence-electron chi connectivity index (χ0n) is 6.97. The number of nitrogens with zero attached hydrogens (tertiary/aromatic N) is 1. The molecule has 1 rings (SSSR count). The number of aryl methyl sites for hydroxylation is 1. The van der Waals surface area contributed by atoms with Crippen LogP contribution in [0.5, 0.6) is 0 Å². The lowest BCUT2D eigenvalue weighted by Crippen LogP contribution is -1.88. The van der Waals surface area contributed by atoms with Crippen molar-refractivity contribution in [1.82, 2.24) is 4.98 Å². The third kappa shape index (κ3) is 1.74. The molecule has 0 N–H and O–H groups in total. The molecule has 0 unspecified atom stereocenters. The highest BCUT2D eigenvalue weighted by molar-refractivity contribution is 6.48. The minimum absolute atomic E-state index is 0.524. The number of aromatic nitrogens is 1. The monoisotopic (exact) mass is 179 g/mol. The van der Waals surface area contributed by atoms with Crippen molar-refractivity contribution in [3.8, 4) is 0 Å². The molecule has 0 aromatic carbocycles. The molecule has 12 heavy (non-hydrogen) atoms. The van der Waals surface area contributed by atoms with E-state index in [2.05, 4.69) is 18.1 Å². The van der Waals surface area contributed by atoms with Gasteiger partial charge in [-0.25, -0.2) is 0 Å². The van der Waals surface area contributed by atoms with E-state index in [1.165, 1.54) is 0 Å². The first-order chi connectivity index (χ1) is 5.65. The second-order valence-electron chi connectivity index (χ2n) is 2.52. The molecule has 1 aromatic heterocycles. The van der Waals surface area contributed by atoms with Gasteiger partial charge in [0.2, 0.25) is 0 Å². The van der Waals surface area contributed by atoms with Gasteiger partial charge in [0.05, 0.1) is 0 Å². The molecular formula is C10H10ClN. The Morgan fingerprint density at radius 1 is 1.67 bits per heavy atom. The van der Waals surface area contributed by atoms with Crippen molar-refractivity contribution < 1.29 is 0 Å². The van der Waals surface area contributed by atoms with Crippen LogP contribution in [0.15, 0.2) is 25.4 Å². The van der Waals surface area contributed by atoms with Gasteiger partial charge in [-0.05, 0) is 13.0 Å². The summed E-state index contributed by atoms with van der Waals surface area (Å²) in [5.41, 5.74) is 2.75. The second-order valence-corrected chi connectivity index (χ2v) is 2.98. The lowest BCUT2D eigenvalue weighted by Gasteiger charge is -2.03. The summed E-state index contributed by atoms with van der Waals surface area (Å²) in [5, 5.41) is 0.524. The van der Waals surface area contributed by atoms with Crippen LogP contribution in [0.25, 0.3) is 11.1 Å². The van der Waals surface area contributed by atoms with Gasteiger partial charge >= 0.3 is 0 Å². The smallest absolute Gasteiger partial charge is 0.0413 e. The summed E-state index contributed by atoms with van der Waals surface area (Å²) >= 11 is 5.79. The van der Waals surface area contributed by atoms with E-state index in [-0.39, 0.29) is 0 Å². The van der Waals surface area contributed by atoms with Crippen LogP contribution in [0.2, 0.25) is 0 Å². The Hall–Kier alpha value is -1.08. The first kappa shape index (κ1) is 9.01. The van der Waals surface area contributed by atoms with Crippen LogP contribution < -0.4 is 0 Å². The Morgan fingerprint density at radius 2 is 2.33 bits per heavy atom. The molecular weight excluding hydrogens is 170 g/mol. The van der Waals surface area contributed by atoms with Gasteiger partial charge in [-0.3, -0.25) is 4.98 Å². The fourth-order valence-electron chi connectivity index (χ4n) is 0.968. The van der Waals surface area contributed by atoms with Gasteiger partial charge in [-0.2, -0.15) is 0 Å². The van der Waals surface area contributed by atoms with E-state index in [1.54, 1.807) is 12.3 Å². The van der Waals surface area contributed by atoms with E-state index in [4.69, 9.17) is 11.6 Å². The first-order valence-corrected chi connectivity index (χ1v) is 3.97. The number of pyridine rings is 1.